The molecule has 0 amide bonds. The van der Waals surface area contributed by atoms with Crippen molar-refractivity contribution in [2.45, 2.75) is 33.1 Å². The van der Waals surface area contributed by atoms with Crippen LogP contribution in [0.5, 0.6) is 0 Å². The van der Waals surface area contributed by atoms with Crippen LogP contribution in [0.25, 0.3) is 10.9 Å². The van der Waals surface area contributed by atoms with Crippen molar-refractivity contribution in [1.29, 1.82) is 0 Å². The summed E-state index contributed by atoms with van der Waals surface area (Å²) >= 11 is 0. The summed E-state index contributed by atoms with van der Waals surface area (Å²) in [4.78, 5) is 8.21. The fraction of sp³-hybridized carbons (Fsp3) is 0.222. The molecule has 1 aromatic heterocycles. The average molecular weight is 396 g/mol. The van der Waals surface area contributed by atoms with Gasteiger partial charge in [0.15, 0.2) is 0 Å². The molecule has 0 atom stereocenters. The third-order valence-corrected chi connectivity index (χ3v) is 5.70. The smallest absolute Gasteiger partial charge is 0.0456 e. The van der Waals surface area contributed by atoms with Gasteiger partial charge in [-0.05, 0) is 78.3 Å². The zero-order valence-corrected chi connectivity index (χ0v) is 17.8. The molecule has 0 saturated heterocycles. The number of rotatable bonds is 7. The highest BCUT2D eigenvalue weighted by Gasteiger charge is 2.05. The maximum Gasteiger partial charge on any atom is 0.0456 e. The number of nitrogens with two attached hydrogens (primary N) is 1. The maximum absolute atomic E-state index is 5.89. The van der Waals surface area contributed by atoms with Gasteiger partial charge in [-0.15, -0.1) is 0 Å². The Bertz CT molecular complexity index is 1170. The van der Waals surface area contributed by atoms with Gasteiger partial charge in [-0.25, -0.2) is 0 Å². The van der Waals surface area contributed by atoms with Crippen molar-refractivity contribution in [2.24, 2.45) is 4.99 Å². The van der Waals surface area contributed by atoms with E-state index in [2.05, 4.69) is 73.6 Å². The number of nitrogens with zero attached hydrogens (tertiary/aromatic N) is 1. The van der Waals surface area contributed by atoms with Gasteiger partial charge in [0.1, 0.15) is 0 Å². The van der Waals surface area contributed by atoms with Crippen LogP contribution < -0.4 is 5.73 Å². The van der Waals surface area contributed by atoms with Crippen molar-refractivity contribution >= 4 is 22.3 Å². The summed E-state index contributed by atoms with van der Waals surface area (Å²) in [6.45, 7) is 5.08. The Labute approximate surface area is 178 Å². The van der Waals surface area contributed by atoms with Gasteiger partial charge < -0.3 is 10.7 Å². The van der Waals surface area contributed by atoms with Crippen LogP contribution in [-0.2, 0) is 19.3 Å². The number of hydrogen-bond acceptors (Lipinski definition) is 2. The third-order valence-electron chi connectivity index (χ3n) is 5.70. The van der Waals surface area contributed by atoms with Crippen LogP contribution in [0.2, 0.25) is 0 Å². The van der Waals surface area contributed by atoms with E-state index in [0.29, 0.717) is 0 Å². The van der Waals surface area contributed by atoms with Gasteiger partial charge >= 0.3 is 0 Å². The molecule has 0 radical (unpaired) electrons. The van der Waals surface area contributed by atoms with Crippen LogP contribution in [0.1, 0.15) is 41.7 Å². The number of nitrogen functional groups attached to an aromatic ring is 1. The van der Waals surface area contributed by atoms with Crippen LogP contribution in [0, 0.1) is 0 Å². The Kier molecular flexibility index (Phi) is 5.99. The van der Waals surface area contributed by atoms with Gasteiger partial charge in [-0.1, -0.05) is 49.4 Å². The molecule has 1 heterocycles. The Morgan fingerprint density at radius 2 is 1.73 bits per heavy atom. The molecule has 0 unspecified atom stereocenters. The predicted molar refractivity (Wildman–Crippen MR) is 129 cm³/mol. The fourth-order valence-electron chi connectivity index (χ4n) is 3.89. The molecular formula is C27H29N3. The zero-order valence-electron chi connectivity index (χ0n) is 17.8. The highest BCUT2D eigenvalue weighted by atomic mass is 14.7. The lowest BCUT2D eigenvalue weighted by molar-refractivity contribution is 0.974. The SMILES string of the molecule is CCc1ccc2[nH]cc(CCN=C(C)c3ccc(Cc4cccc(N)c4)cc3)c2c1. The largest absolute Gasteiger partial charge is 0.399 e. The Morgan fingerprint density at radius 3 is 2.50 bits per heavy atom. The second-order valence-electron chi connectivity index (χ2n) is 7.88. The molecule has 30 heavy (non-hydrogen) atoms. The lowest BCUT2D eigenvalue weighted by atomic mass is 10.0. The number of hydrogen-bond donors (Lipinski definition) is 2. The molecule has 3 nitrogen and oxygen atoms in total. The second-order valence-corrected chi connectivity index (χ2v) is 7.88. The van der Waals surface area contributed by atoms with Crippen LogP contribution >= 0.6 is 0 Å². The van der Waals surface area contributed by atoms with Crippen molar-refractivity contribution < 1.29 is 0 Å². The molecule has 152 valence electrons. The fourth-order valence-corrected chi connectivity index (χ4v) is 3.89. The summed E-state index contributed by atoms with van der Waals surface area (Å²) in [7, 11) is 0. The molecule has 0 aliphatic rings. The molecule has 0 fully saturated rings. The first-order valence-electron chi connectivity index (χ1n) is 10.7. The van der Waals surface area contributed by atoms with E-state index in [-0.39, 0.29) is 0 Å². The van der Waals surface area contributed by atoms with E-state index in [1.165, 1.54) is 38.7 Å². The summed E-state index contributed by atoms with van der Waals surface area (Å²) in [5.74, 6) is 0. The second kappa shape index (κ2) is 9.00. The van der Waals surface area contributed by atoms with Crippen LogP contribution in [-0.4, -0.2) is 17.2 Å². The molecule has 3 N–H and O–H groups in total. The minimum absolute atomic E-state index is 0.792. The number of aryl methyl sites for hydroxylation is 1. The van der Waals surface area contributed by atoms with E-state index >= 15 is 0 Å². The van der Waals surface area contributed by atoms with Gasteiger partial charge in [-0.2, -0.15) is 0 Å². The molecule has 0 aliphatic carbocycles. The lowest BCUT2D eigenvalue weighted by Crippen LogP contribution is -1.99. The van der Waals surface area contributed by atoms with Crippen molar-refractivity contribution in [1.82, 2.24) is 4.98 Å². The minimum Gasteiger partial charge on any atom is -0.399 e. The standard InChI is InChI=1S/C27H29N3/c1-3-20-9-12-27-26(17-20)24(18-30-27)13-14-29-19(2)23-10-7-21(8-11-23)15-22-5-4-6-25(28)16-22/h4-12,16-18,30H,3,13-15,28H2,1-2H3. The summed E-state index contributed by atoms with van der Waals surface area (Å²) in [6.07, 6.45) is 5.02. The minimum atomic E-state index is 0.792. The summed E-state index contributed by atoms with van der Waals surface area (Å²) < 4.78 is 0. The molecule has 0 bridgehead atoms. The van der Waals surface area contributed by atoms with E-state index in [4.69, 9.17) is 10.7 Å². The van der Waals surface area contributed by atoms with Gasteiger partial charge in [0.25, 0.3) is 0 Å². The third kappa shape index (κ3) is 4.62. The first-order valence-corrected chi connectivity index (χ1v) is 10.7. The van der Waals surface area contributed by atoms with Gasteiger partial charge in [-0.3, -0.25) is 4.99 Å². The summed E-state index contributed by atoms with van der Waals surface area (Å²) in [6, 6.07) is 23.5. The average Bonchev–Trinajstić information content (AvgIpc) is 3.16. The summed E-state index contributed by atoms with van der Waals surface area (Å²) in [5.41, 5.74) is 15.4. The van der Waals surface area contributed by atoms with Gasteiger partial charge in [0.2, 0.25) is 0 Å². The van der Waals surface area contributed by atoms with E-state index in [1.807, 2.05) is 18.2 Å². The highest BCUT2D eigenvalue weighted by Crippen LogP contribution is 2.21. The number of fused-ring (bicyclic) bond motifs is 1. The van der Waals surface area contributed by atoms with Crippen LogP contribution in [0.15, 0.2) is 77.9 Å². The first kappa shape index (κ1) is 20.0. The monoisotopic (exact) mass is 395 g/mol. The Morgan fingerprint density at radius 1 is 0.933 bits per heavy atom. The number of H-pyrrole nitrogens is 1. The first-order chi connectivity index (χ1) is 14.6. The lowest BCUT2D eigenvalue weighted by Gasteiger charge is -2.06. The topological polar surface area (TPSA) is 54.2 Å². The molecule has 3 aromatic carbocycles. The number of aliphatic imine (C=N–C) groups is 1. The highest BCUT2D eigenvalue weighted by molar-refractivity contribution is 5.98. The number of anilines is 1. The number of aromatic amines is 1. The van der Waals surface area contributed by atoms with Crippen molar-refractivity contribution in [2.75, 3.05) is 12.3 Å². The predicted octanol–water partition coefficient (Wildman–Crippen LogP) is 5.96. The Balaban J connectivity index is 1.40. The number of benzene rings is 3. The number of aromatic nitrogens is 1. The molecule has 4 rings (SSSR count). The molecule has 0 aliphatic heterocycles. The van der Waals surface area contributed by atoms with Crippen molar-refractivity contribution in [3.05, 3.63) is 101 Å². The summed E-state index contributed by atoms with van der Waals surface area (Å²) in [5, 5.41) is 1.33. The van der Waals surface area contributed by atoms with E-state index in [1.54, 1.807) is 0 Å². The molecule has 4 aromatic rings. The van der Waals surface area contributed by atoms with Crippen LogP contribution in [0.3, 0.4) is 0 Å². The van der Waals surface area contributed by atoms with Crippen molar-refractivity contribution in [3.63, 3.8) is 0 Å². The van der Waals surface area contributed by atoms with E-state index in [9.17, 15) is 0 Å². The van der Waals surface area contributed by atoms with Crippen molar-refractivity contribution in [3.8, 4) is 0 Å². The quantitative estimate of drug-likeness (QED) is 0.295. The maximum atomic E-state index is 5.89. The molecular weight excluding hydrogens is 366 g/mol. The van der Waals surface area contributed by atoms with E-state index in [0.717, 1.165) is 37.2 Å². The van der Waals surface area contributed by atoms with E-state index < -0.39 is 0 Å². The number of nitrogens with one attached hydrogen (secondary N) is 1. The van der Waals surface area contributed by atoms with Gasteiger partial charge in [0, 0.05) is 35.0 Å². The molecule has 0 spiro atoms. The van der Waals surface area contributed by atoms with Gasteiger partial charge in [0.05, 0.1) is 0 Å². The van der Waals surface area contributed by atoms with Crippen LogP contribution in [0.4, 0.5) is 5.69 Å². The Hall–Kier alpha value is -3.33. The molecule has 0 saturated carbocycles. The zero-order chi connectivity index (χ0) is 20.9. The molecule has 3 heteroatoms. The normalized spacial score (nSPS) is 11.9.